The molecule has 2 bridgehead atoms. The number of aliphatic hydroxyl groups is 1. The third kappa shape index (κ3) is 3.22. The van der Waals surface area contributed by atoms with E-state index in [1.807, 2.05) is 31.2 Å². The molecule has 0 radical (unpaired) electrons. The average molecular weight is 346 g/mol. The molecule has 5 unspecified atom stereocenters. The van der Waals surface area contributed by atoms with Crippen LogP contribution in [0.1, 0.15) is 38.2 Å². The summed E-state index contributed by atoms with van der Waals surface area (Å²) in [5.41, 5.74) is 1.80. The molecule has 136 valence electrons. The predicted octanol–water partition coefficient (Wildman–Crippen LogP) is 3.32. The summed E-state index contributed by atoms with van der Waals surface area (Å²) in [6, 6.07) is 7.61. The van der Waals surface area contributed by atoms with Gasteiger partial charge in [0.15, 0.2) is 0 Å². The van der Waals surface area contributed by atoms with Gasteiger partial charge in [-0.1, -0.05) is 18.7 Å². The topological polar surface area (TPSA) is 57.2 Å². The molecule has 1 aliphatic heterocycles. The number of rotatable bonds is 5. The van der Waals surface area contributed by atoms with Crippen LogP contribution in [0.15, 0.2) is 30.8 Å². The Labute approximate surface area is 148 Å². The maximum absolute atomic E-state index is 9.05. The second-order valence-electron chi connectivity index (χ2n) is 7.53. The predicted molar refractivity (Wildman–Crippen MR) is 92.7 cm³/mol. The molecule has 2 aliphatic carbocycles. The van der Waals surface area contributed by atoms with Crippen molar-refractivity contribution in [2.75, 3.05) is 13.2 Å². The van der Waals surface area contributed by atoms with Gasteiger partial charge in [-0.15, -0.1) is 0 Å². The molecule has 1 aromatic carbocycles. The molecule has 1 saturated heterocycles. The number of fused-ring (bicyclic) bond motifs is 3. The van der Waals surface area contributed by atoms with Crippen LogP contribution in [0.25, 0.3) is 5.57 Å². The zero-order chi connectivity index (χ0) is 17.4. The Morgan fingerprint density at radius 1 is 1.36 bits per heavy atom. The minimum absolute atomic E-state index is 0.0113. The lowest BCUT2D eigenvalue weighted by Crippen LogP contribution is -2.48. The maximum atomic E-state index is 9.05. The van der Waals surface area contributed by atoms with Gasteiger partial charge in [-0.3, -0.25) is 0 Å². The molecular formula is C20H26O5. The molecular weight excluding hydrogens is 320 g/mol. The fourth-order valence-electron chi connectivity index (χ4n) is 4.28. The van der Waals surface area contributed by atoms with E-state index in [-0.39, 0.29) is 18.8 Å². The van der Waals surface area contributed by atoms with Crippen molar-refractivity contribution in [3.8, 4) is 5.75 Å². The van der Waals surface area contributed by atoms with Crippen molar-refractivity contribution in [1.82, 2.24) is 0 Å². The van der Waals surface area contributed by atoms with Gasteiger partial charge in [-0.2, -0.15) is 0 Å². The molecule has 5 atom stereocenters. The highest BCUT2D eigenvalue weighted by molar-refractivity contribution is 5.67. The second kappa shape index (κ2) is 6.72. The van der Waals surface area contributed by atoms with Gasteiger partial charge in [0.05, 0.1) is 13.2 Å². The minimum Gasteiger partial charge on any atom is -0.488 e. The normalized spacial score (nSPS) is 35.0. The highest BCUT2D eigenvalue weighted by atomic mass is 17.2. The molecule has 3 fully saturated rings. The highest BCUT2D eigenvalue weighted by Crippen LogP contribution is 2.54. The molecule has 4 rings (SSSR count). The Morgan fingerprint density at radius 2 is 2.16 bits per heavy atom. The first-order valence-corrected chi connectivity index (χ1v) is 9.15. The van der Waals surface area contributed by atoms with Gasteiger partial charge in [0.25, 0.3) is 0 Å². The van der Waals surface area contributed by atoms with E-state index in [0.29, 0.717) is 12.5 Å². The summed E-state index contributed by atoms with van der Waals surface area (Å²) in [4.78, 5) is 11.5. The average Bonchev–Trinajstić information content (AvgIpc) is 3.23. The second-order valence-corrected chi connectivity index (χ2v) is 7.53. The van der Waals surface area contributed by atoms with Crippen molar-refractivity contribution in [2.24, 2.45) is 11.8 Å². The SMILES string of the molecule is C=C(c1ccc(OC(C)CO)cc1)C1COC2(CC3CCC2C3)OO1. The fourth-order valence-corrected chi connectivity index (χ4v) is 4.28. The Balaban J connectivity index is 1.36. The molecule has 0 amide bonds. The van der Waals surface area contributed by atoms with E-state index >= 15 is 0 Å². The van der Waals surface area contributed by atoms with Gasteiger partial charge in [0.2, 0.25) is 5.79 Å². The molecule has 25 heavy (non-hydrogen) atoms. The lowest BCUT2D eigenvalue weighted by atomic mass is 9.93. The van der Waals surface area contributed by atoms with Gasteiger partial charge >= 0.3 is 0 Å². The lowest BCUT2D eigenvalue weighted by molar-refractivity contribution is -0.488. The smallest absolute Gasteiger partial charge is 0.204 e. The fraction of sp³-hybridized carbons (Fsp3) is 0.600. The summed E-state index contributed by atoms with van der Waals surface area (Å²) >= 11 is 0. The first-order chi connectivity index (χ1) is 12.1. The minimum atomic E-state index is -0.516. The van der Waals surface area contributed by atoms with E-state index in [4.69, 9.17) is 24.4 Å². The van der Waals surface area contributed by atoms with Gasteiger partial charge in [0, 0.05) is 12.3 Å². The number of benzene rings is 1. The van der Waals surface area contributed by atoms with Crippen molar-refractivity contribution in [3.05, 3.63) is 36.4 Å². The molecule has 5 heteroatoms. The Kier molecular flexibility index (Phi) is 4.58. The van der Waals surface area contributed by atoms with Crippen molar-refractivity contribution in [1.29, 1.82) is 0 Å². The monoisotopic (exact) mass is 346 g/mol. The van der Waals surface area contributed by atoms with E-state index in [1.54, 1.807) is 0 Å². The third-order valence-corrected chi connectivity index (χ3v) is 5.73. The molecule has 1 heterocycles. The molecule has 5 nitrogen and oxygen atoms in total. The lowest BCUT2D eigenvalue weighted by Gasteiger charge is -2.41. The van der Waals surface area contributed by atoms with Gasteiger partial charge in [-0.25, -0.2) is 9.78 Å². The summed E-state index contributed by atoms with van der Waals surface area (Å²) in [6.45, 7) is 6.44. The van der Waals surface area contributed by atoms with Crippen LogP contribution in [0.5, 0.6) is 5.75 Å². The highest BCUT2D eigenvalue weighted by Gasteiger charge is 2.56. The quantitative estimate of drug-likeness (QED) is 0.829. The molecule has 1 N–H and O–H groups in total. The molecule has 3 aliphatic rings. The van der Waals surface area contributed by atoms with Crippen molar-refractivity contribution in [2.45, 2.75) is 50.6 Å². The third-order valence-electron chi connectivity index (χ3n) is 5.73. The van der Waals surface area contributed by atoms with Crippen molar-refractivity contribution in [3.63, 3.8) is 0 Å². The van der Waals surface area contributed by atoms with Crippen LogP contribution in [0.2, 0.25) is 0 Å². The van der Waals surface area contributed by atoms with Crippen molar-refractivity contribution < 1.29 is 24.4 Å². The largest absolute Gasteiger partial charge is 0.488 e. The van der Waals surface area contributed by atoms with Crippen LogP contribution < -0.4 is 4.74 Å². The summed E-state index contributed by atoms with van der Waals surface area (Å²) in [5.74, 6) is 1.40. The summed E-state index contributed by atoms with van der Waals surface area (Å²) in [6.07, 6.45) is 4.09. The van der Waals surface area contributed by atoms with Gasteiger partial charge < -0.3 is 14.6 Å². The van der Waals surface area contributed by atoms with Crippen molar-refractivity contribution >= 4 is 5.57 Å². The zero-order valence-electron chi connectivity index (χ0n) is 14.6. The van der Waals surface area contributed by atoms with Crippen LogP contribution in [-0.2, 0) is 14.5 Å². The van der Waals surface area contributed by atoms with E-state index in [0.717, 1.165) is 29.2 Å². The van der Waals surface area contributed by atoms with E-state index in [1.165, 1.54) is 19.3 Å². The first-order valence-electron chi connectivity index (χ1n) is 9.15. The van der Waals surface area contributed by atoms with Gasteiger partial charge in [0.1, 0.15) is 18.0 Å². The van der Waals surface area contributed by atoms with Crippen LogP contribution >= 0.6 is 0 Å². The standard InChI is InChI=1S/C20H26O5/c1-13(11-21)23-18-7-4-16(5-8-18)14(2)19-12-22-20(25-24-19)10-15-3-6-17(20)9-15/h4-5,7-8,13,15,17,19,21H,2-3,6,9-12H2,1H3. The van der Waals surface area contributed by atoms with Crippen LogP contribution in [0, 0.1) is 11.8 Å². The number of aliphatic hydroxyl groups excluding tert-OH is 1. The molecule has 0 aromatic heterocycles. The number of ether oxygens (including phenoxy) is 2. The molecule has 1 aromatic rings. The van der Waals surface area contributed by atoms with Gasteiger partial charge in [-0.05, 0) is 55.4 Å². The zero-order valence-corrected chi connectivity index (χ0v) is 14.6. The first kappa shape index (κ1) is 17.0. The van der Waals surface area contributed by atoms with E-state index < -0.39 is 5.79 Å². The number of hydrogen-bond donors (Lipinski definition) is 1. The Hall–Kier alpha value is -1.40. The molecule has 2 saturated carbocycles. The van der Waals surface area contributed by atoms with E-state index in [2.05, 4.69) is 6.58 Å². The maximum Gasteiger partial charge on any atom is 0.204 e. The number of hydrogen-bond acceptors (Lipinski definition) is 5. The Bertz CT molecular complexity index is 617. The Morgan fingerprint density at radius 3 is 2.72 bits per heavy atom. The summed E-state index contributed by atoms with van der Waals surface area (Å²) in [7, 11) is 0. The van der Waals surface area contributed by atoms with Crippen LogP contribution in [0.4, 0.5) is 0 Å². The molecule has 1 spiro atoms. The summed E-state index contributed by atoms with van der Waals surface area (Å²) in [5, 5.41) is 9.05. The summed E-state index contributed by atoms with van der Waals surface area (Å²) < 4.78 is 11.7. The van der Waals surface area contributed by atoms with Crippen LogP contribution in [-0.4, -0.2) is 36.3 Å². The van der Waals surface area contributed by atoms with Crippen LogP contribution in [0.3, 0.4) is 0 Å². The van der Waals surface area contributed by atoms with E-state index in [9.17, 15) is 0 Å².